The molecule has 4 rings (SSSR count). The molecule has 2 N–H and O–H groups in total. The molecule has 0 radical (unpaired) electrons. The highest BCUT2D eigenvalue weighted by Gasteiger charge is 2.20. The molecule has 1 aliphatic carbocycles. The average molecular weight is 453 g/mol. The zero-order valence-corrected chi connectivity index (χ0v) is 19.5. The summed E-state index contributed by atoms with van der Waals surface area (Å²) in [6.45, 7) is 5.93. The fourth-order valence-electron chi connectivity index (χ4n) is 4.12. The zero-order chi connectivity index (χ0) is 22.8. The summed E-state index contributed by atoms with van der Waals surface area (Å²) >= 11 is 1.62. The Kier molecular flexibility index (Phi) is 6.41. The lowest BCUT2D eigenvalue weighted by molar-refractivity contribution is -0.116. The monoisotopic (exact) mass is 452 g/mol. The molecule has 1 aliphatic rings. The van der Waals surface area contributed by atoms with Crippen molar-refractivity contribution in [1.82, 2.24) is 14.9 Å². The third-order valence-corrected chi connectivity index (χ3v) is 6.90. The second-order valence-electron chi connectivity index (χ2n) is 8.59. The van der Waals surface area contributed by atoms with Crippen LogP contribution in [0.25, 0.3) is 10.2 Å². The number of nitrogens with zero attached hydrogens (tertiary/aromatic N) is 2. The molecule has 7 nitrogen and oxygen atoms in total. The number of hydrogen-bond donors (Lipinski definition) is 2. The van der Waals surface area contributed by atoms with E-state index in [1.54, 1.807) is 35.9 Å². The fraction of sp³-hybridized carbons (Fsp3) is 0.417. The second kappa shape index (κ2) is 9.24. The minimum Gasteiger partial charge on any atom is -0.350 e. The molecule has 0 saturated carbocycles. The van der Waals surface area contributed by atoms with Gasteiger partial charge in [-0.05, 0) is 75.8 Å². The Morgan fingerprint density at radius 2 is 2.00 bits per heavy atom. The second-order valence-corrected chi connectivity index (χ2v) is 9.67. The molecule has 2 heterocycles. The van der Waals surface area contributed by atoms with Crippen LogP contribution in [0.15, 0.2) is 29.3 Å². The summed E-state index contributed by atoms with van der Waals surface area (Å²) in [4.78, 5) is 44.3. The smallest absolute Gasteiger partial charge is 0.262 e. The first-order chi connectivity index (χ1) is 15.3. The Balaban J connectivity index is 1.43. The van der Waals surface area contributed by atoms with Gasteiger partial charge in [0.25, 0.3) is 11.5 Å². The number of anilines is 1. The zero-order valence-electron chi connectivity index (χ0n) is 18.7. The maximum absolute atomic E-state index is 13.0. The Morgan fingerprint density at radius 3 is 2.75 bits per heavy atom. The van der Waals surface area contributed by atoms with Gasteiger partial charge < -0.3 is 10.6 Å². The molecule has 32 heavy (non-hydrogen) atoms. The number of nitrogens with one attached hydrogen (secondary N) is 2. The summed E-state index contributed by atoms with van der Waals surface area (Å²) in [6, 6.07) is 5.27. The number of hydrogen-bond acceptors (Lipinski definition) is 5. The first kappa shape index (κ1) is 22.2. The molecule has 1 aromatic carbocycles. The molecule has 0 fully saturated rings. The van der Waals surface area contributed by atoms with Crippen LogP contribution >= 0.6 is 11.3 Å². The lowest BCUT2D eigenvalue weighted by Gasteiger charge is -2.12. The lowest BCUT2D eigenvalue weighted by atomic mass is 9.97. The molecule has 8 heteroatoms. The third-order valence-electron chi connectivity index (χ3n) is 5.70. The van der Waals surface area contributed by atoms with Crippen molar-refractivity contribution >= 4 is 39.1 Å². The van der Waals surface area contributed by atoms with Crippen LogP contribution in [-0.2, 0) is 24.2 Å². The maximum atomic E-state index is 13.0. The highest BCUT2D eigenvalue weighted by atomic mass is 32.1. The quantitative estimate of drug-likeness (QED) is 0.595. The van der Waals surface area contributed by atoms with E-state index in [0.29, 0.717) is 11.3 Å². The molecule has 0 unspecified atom stereocenters. The van der Waals surface area contributed by atoms with E-state index in [1.165, 1.54) is 9.44 Å². The van der Waals surface area contributed by atoms with E-state index >= 15 is 0 Å². The number of aromatic nitrogens is 2. The van der Waals surface area contributed by atoms with Crippen molar-refractivity contribution in [1.29, 1.82) is 0 Å². The first-order valence-electron chi connectivity index (χ1n) is 11.0. The predicted octanol–water partition coefficient (Wildman–Crippen LogP) is 3.81. The number of benzene rings is 1. The number of carbonyl (C=O) groups excluding carboxylic acids is 2. The molecule has 168 valence electrons. The van der Waals surface area contributed by atoms with E-state index in [1.807, 2.05) is 20.8 Å². The molecule has 0 atom stereocenters. The van der Waals surface area contributed by atoms with Crippen LogP contribution in [0.2, 0.25) is 0 Å². The van der Waals surface area contributed by atoms with Crippen molar-refractivity contribution in [2.24, 2.45) is 0 Å². The van der Waals surface area contributed by atoms with Crippen LogP contribution in [0.1, 0.15) is 59.5 Å². The third kappa shape index (κ3) is 4.60. The topological polar surface area (TPSA) is 93.1 Å². The number of carbonyl (C=O) groups is 2. The summed E-state index contributed by atoms with van der Waals surface area (Å²) in [7, 11) is 0. The number of thiophene rings is 1. The highest BCUT2D eigenvalue weighted by Crippen LogP contribution is 2.33. The van der Waals surface area contributed by atoms with Crippen LogP contribution < -0.4 is 16.2 Å². The molecular weight excluding hydrogens is 424 g/mol. The van der Waals surface area contributed by atoms with Crippen molar-refractivity contribution in [3.8, 4) is 0 Å². The number of amides is 2. The maximum Gasteiger partial charge on any atom is 0.262 e. The molecule has 0 spiro atoms. The fourth-order valence-corrected chi connectivity index (χ4v) is 5.34. The van der Waals surface area contributed by atoms with Crippen molar-refractivity contribution in [2.75, 3.05) is 5.32 Å². The number of aryl methyl sites for hydroxylation is 4. The van der Waals surface area contributed by atoms with Gasteiger partial charge in [-0.1, -0.05) is 0 Å². The van der Waals surface area contributed by atoms with E-state index < -0.39 is 0 Å². The van der Waals surface area contributed by atoms with E-state index in [-0.39, 0.29) is 36.4 Å². The summed E-state index contributed by atoms with van der Waals surface area (Å²) in [6.07, 6.45) is 5.93. The van der Waals surface area contributed by atoms with Crippen molar-refractivity contribution in [3.63, 3.8) is 0 Å². The highest BCUT2D eigenvalue weighted by molar-refractivity contribution is 7.18. The SMILES string of the molecule is Cc1cc(NC(=O)CCn2cnc3sc4c(c3c2=O)CCCC4)ccc1C(=O)NC(C)C. The van der Waals surface area contributed by atoms with Gasteiger partial charge in [-0.15, -0.1) is 11.3 Å². The largest absolute Gasteiger partial charge is 0.350 e. The standard InChI is InChI=1S/C24H28N4O3S/c1-14(2)26-22(30)17-9-8-16(12-15(17)3)27-20(29)10-11-28-13-25-23-21(24(28)31)18-6-4-5-7-19(18)32-23/h8-9,12-14H,4-7,10-11H2,1-3H3,(H,26,30)(H,27,29). The Labute approximate surface area is 190 Å². The molecule has 0 aliphatic heterocycles. The first-order valence-corrected chi connectivity index (χ1v) is 11.9. The minimum atomic E-state index is -0.192. The molecule has 2 aromatic heterocycles. The van der Waals surface area contributed by atoms with Crippen LogP contribution in [0, 0.1) is 6.92 Å². The van der Waals surface area contributed by atoms with Gasteiger partial charge in [0.05, 0.1) is 11.7 Å². The summed E-state index contributed by atoms with van der Waals surface area (Å²) in [5.74, 6) is -0.323. The van der Waals surface area contributed by atoms with Gasteiger partial charge in [0.2, 0.25) is 5.91 Å². The van der Waals surface area contributed by atoms with Crippen LogP contribution in [-0.4, -0.2) is 27.4 Å². The summed E-state index contributed by atoms with van der Waals surface area (Å²) < 4.78 is 1.54. The Morgan fingerprint density at radius 1 is 1.22 bits per heavy atom. The Hall–Kier alpha value is -3.00. The predicted molar refractivity (Wildman–Crippen MR) is 128 cm³/mol. The molecule has 0 bridgehead atoms. The van der Waals surface area contributed by atoms with Gasteiger partial charge in [0.15, 0.2) is 0 Å². The molecular formula is C24H28N4O3S. The minimum absolute atomic E-state index is 0.0537. The van der Waals surface area contributed by atoms with E-state index in [9.17, 15) is 14.4 Å². The van der Waals surface area contributed by atoms with Gasteiger partial charge in [-0.3, -0.25) is 19.0 Å². The van der Waals surface area contributed by atoms with Crippen LogP contribution in [0.3, 0.4) is 0 Å². The Bertz CT molecular complexity index is 1240. The van der Waals surface area contributed by atoms with Crippen molar-refractivity contribution < 1.29 is 9.59 Å². The van der Waals surface area contributed by atoms with Crippen LogP contribution in [0.4, 0.5) is 5.69 Å². The lowest BCUT2D eigenvalue weighted by Crippen LogP contribution is -2.30. The molecule has 0 saturated heterocycles. The van der Waals surface area contributed by atoms with Gasteiger partial charge in [-0.25, -0.2) is 4.98 Å². The van der Waals surface area contributed by atoms with Crippen molar-refractivity contribution in [3.05, 3.63) is 56.4 Å². The number of fused-ring (bicyclic) bond motifs is 3. The summed E-state index contributed by atoms with van der Waals surface area (Å²) in [5.41, 5.74) is 3.10. The van der Waals surface area contributed by atoms with E-state index in [0.717, 1.165) is 47.0 Å². The normalized spacial score (nSPS) is 13.2. The molecule has 2 amide bonds. The average Bonchev–Trinajstić information content (AvgIpc) is 3.12. The van der Waals surface area contributed by atoms with E-state index in [4.69, 9.17) is 0 Å². The van der Waals surface area contributed by atoms with Gasteiger partial charge in [0, 0.05) is 35.1 Å². The van der Waals surface area contributed by atoms with E-state index in [2.05, 4.69) is 15.6 Å². The number of rotatable bonds is 6. The summed E-state index contributed by atoms with van der Waals surface area (Å²) in [5, 5.41) is 6.46. The van der Waals surface area contributed by atoms with Gasteiger partial charge in [0.1, 0.15) is 4.83 Å². The van der Waals surface area contributed by atoms with Crippen LogP contribution in [0.5, 0.6) is 0 Å². The van der Waals surface area contributed by atoms with Gasteiger partial charge in [-0.2, -0.15) is 0 Å². The van der Waals surface area contributed by atoms with Gasteiger partial charge >= 0.3 is 0 Å². The van der Waals surface area contributed by atoms with Crippen molar-refractivity contribution in [2.45, 2.75) is 65.5 Å². The molecule has 3 aromatic rings.